The fourth-order valence-corrected chi connectivity index (χ4v) is 2.18. The van der Waals surface area contributed by atoms with Gasteiger partial charge in [0.25, 0.3) is 0 Å². The molecule has 1 N–H and O–H groups in total. The zero-order valence-corrected chi connectivity index (χ0v) is 12.6. The van der Waals surface area contributed by atoms with Gasteiger partial charge in [-0.25, -0.2) is 9.97 Å². The van der Waals surface area contributed by atoms with E-state index in [9.17, 15) is 0 Å². The molecule has 94 valence electrons. The van der Waals surface area contributed by atoms with Crippen LogP contribution in [-0.4, -0.2) is 16.5 Å². The zero-order valence-electron chi connectivity index (χ0n) is 9.54. The average molecular weight is 347 g/mol. The number of nitrogens with one attached hydrogen (secondary N) is 1. The number of halogens is 3. The molecule has 1 aromatic carbocycles. The molecular formula is C12H10BrCl2N3. The number of hydrogen-bond donors (Lipinski definition) is 1. The third kappa shape index (κ3) is 2.76. The van der Waals surface area contributed by atoms with Crippen LogP contribution >= 0.6 is 39.1 Å². The van der Waals surface area contributed by atoms with E-state index >= 15 is 0 Å². The second-order valence-electron chi connectivity index (χ2n) is 3.52. The Balaban J connectivity index is 2.51. The molecule has 6 heteroatoms. The molecule has 18 heavy (non-hydrogen) atoms. The van der Waals surface area contributed by atoms with E-state index in [4.69, 9.17) is 23.2 Å². The van der Waals surface area contributed by atoms with Gasteiger partial charge in [-0.15, -0.1) is 0 Å². The summed E-state index contributed by atoms with van der Waals surface area (Å²) in [5.41, 5.74) is 0.718. The fourth-order valence-electron chi connectivity index (χ4n) is 1.46. The average Bonchev–Trinajstić information content (AvgIpc) is 2.36. The topological polar surface area (TPSA) is 37.8 Å². The second-order valence-corrected chi connectivity index (χ2v) is 5.16. The Labute approximate surface area is 124 Å². The number of hydrogen-bond acceptors (Lipinski definition) is 3. The van der Waals surface area contributed by atoms with Crippen LogP contribution in [0.2, 0.25) is 10.0 Å². The highest BCUT2D eigenvalue weighted by molar-refractivity contribution is 9.10. The van der Waals surface area contributed by atoms with E-state index in [0.717, 1.165) is 22.4 Å². The maximum Gasteiger partial charge on any atom is 0.163 e. The van der Waals surface area contributed by atoms with Gasteiger partial charge in [0.2, 0.25) is 0 Å². The first-order valence-electron chi connectivity index (χ1n) is 5.34. The summed E-state index contributed by atoms with van der Waals surface area (Å²) in [7, 11) is 0. The molecule has 0 fully saturated rings. The summed E-state index contributed by atoms with van der Waals surface area (Å²) >= 11 is 15.5. The summed E-state index contributed by atoms with van der Waals surface area (Å²) in [5.74, 6) is 1.28. The molecule has 0 unspecified atom stereocenters. The molecule has 0 radical (unpaired) electrons. The van der Waals surface area contributed by atoms with Gasteiger partial charge in [-0.2, -0.15) is 0 Å². The van der Waals surface area contributed by atoms with Crippen molar-refractivity contribution in [3.63, 3.8) is 0 Å². The first-order chi connectivity index (χ1) is 8.63. The number of anilines is 1. The predicted octanol–water partition coefficient (Wildman–Crippen LogP) is 4.64. The standard InChI is InChI=1S/C12H10BrCl2N3/c1-2-16-12-8(13)6-17-11(18-12)7-4-3-5-9(14)10(7)15/h3-6H,2H2,1H3,(H,16,17,18). The highest BCUT2D eigenvalue weighted by atomic mass is 79.9. The van der Waals surface area contributed by atoms with E-state index in [2.05, 4.69) is 31.2 Å². The zero-order chi connectivity index (χ0) is 13.1. The van der Waals surface area contributed by atoms with Crippen molar-refractivity contribution in [3.05, 3.63) is 38.9 Å². The lowest BCUT2D eigenvalue weighted by atomic mass is 10.2. The smallest absolute Gasteiger partial charge is 0.163 e. The van der Waals surface area contributed by atoms with Gasteiger partial charge in [-0.05, 0) is 35.0 Å². The Bertz CT molecular complexity index is 575. The quantitative estimate of drug-likeness (QED) is 0.879. The van der Waals surface area contributed by atoms with Crippen molar-refractivity contribution < 1.29 is 0 Å². The number of nitrogens with zero attached hydrogens (tertiary/aromatic N) is 2. The lowest BCUT2D eigenvalue weighted by Gasteiger charge is -2.08. The fraction of sp³-hybridized carbons (Fsp3) is 0.167. The van der Waals surface area contributed by atoms with Crippen LogP contribution < -0.4 is 5.32 Å². The summed E-state index contributed by atoms with van der Waals surface area (Å²) in [6.45, 7) is 2.78. The van der Waals surface area contributed by atoms with Crippen LogP contribution in [0.25, 0.3) is 11.4 Å². The van der Waals surface area contributed by atoms with Crippen LogP contribution in [0.15, 0.2) is 28.9 Å². The Morgan fingerprint density at radius 2 is 2.11 bits per heavy atom. The van der Waals surface area contributed by atoms with Gasteiger partial charge in [0.1, 0.15) is 5.82 Å². The van der Waals surface area contributed by atoms with E-state index in [0.29, 0.717) is 15.9 Å². The minimum atomic E-state index is 0.462. The second kappa shape index (κ2) is 5.87. The van der Waals surface area contributed by atoms with Crippen molar-refractivity contribution in [2.75, 3.05) is 11.9 Å². The van der Waals surface area contributed by atoms with Gasteiger partial charge in [0.15, 0.2) is 5.82 Å². The molecule has 0 bridgehead atoms. The number of aromatic nitrogens is 2. The third-order valence-electron chi connectivity index (χ3n) is 2.28. The van der Waals surface area contributed by atoms with Crippen LogP contribution in [-0.2, 0) is 0 Å². The lowest BCUT2D eigenvalue weighted by Crippen LogP contribution is -2.02. The SMILES string of the molecule is CCNc1nc(-c2cccc(Cl)c2Cl)ncc1Br. The highest BCUT2D eigenvalue weighted by Crippen LogP contribution is 2.32. The predicted molar refractivity (Wildman–Crippen MR) is 79.4 cm³/mol. The first-order valence-corrected chi connectivity index (χ1v) is 6.89. The Hall–Kier alpha value is -0.840. The summed E-state index contributed by atoms with van der Waals surface area (Å²) in [4.78, 5) is 8.67. The van der Waals surface area contributed by atoms with Crippen molar-refractivity contribution in [1.82, 2.24) is 9.97 Å². The molecule has 0 saturated heterocycles. The van der Waals surface area contributed by atoms with E-state index in [1.807, 2.05) is 19.1 Å². The van der Waals surface area contributed by atoms with Gasteiger partial charge in [0, 0.05) is 18.3 Å². The van der Waals surface area contributed by atoms with E-state index in [1.54, 1.807) is 12.3 Å². The highest BCUT2D eigenvalue weighted by Gasteiger charge is 2.11. The van der Waals surface area contributed by atoms with Crippen LogP contribution in [0.1, 0.15) is 6.92 Å². The lowest BCUT2D eigenvalue weighted by molar-refractivity contribution is 1.10. The number of benzene rings is 1. The van der Waals surface area contributed by atoms with Gasteiger partial charge in [-0.3, -0.25) is 0 Å². The molecule has 1 heterocycles. The largest absolute Gasteiger partial charge is 0.369 e. The van der Waals surface area contributed by atoms with Crippen molar-refractivity contribution in [1.29, 1.82) is 0 Å². The van der Waals surface area contributed by atoms with E-state index in [1.165, 1.54) is 0 Å². The normalized spacial score (nSPS) is 10.4. The van der Waals surface area contributed by atoms with Crippen molar-refractivity contribution in [3.8, 4) is 11.4 Å². The Kier molecular flexibility index (Phi) is 4.43. The maximum atomic E-state index is 6.15. The molecule has 2 aromatic rings. The summed E-state index contributed by atoms with van der Waals surface area (Å²) in [6.07, 6.45) is 1.69. The van der Waals surface area contributed by atoms with E-state index in [-0.39, 0.29) is 0 Å². The Morgan fingerprint density at radius 3 is 2.83 bits per heavy atom. The van der Waals surface area contributed by atoms with Gasteiger partial charge in [0.05, 0.1) is 14.5 Å². The van der Waals surface area contributed by atoms with Crippen molar-refractivity contribution >= 4 is 44.9 Å². The molecule has 0 aliphatic rings. The molecule has 0 amide bonds. The molecule has 0 aliphatic carbocycles. The van der Waals surface area contributed by atoms with E-state index < -0.39 is 0 Å². The molecule has 2 rings (SSSR count). The van der Waals surface area contributed by atoms with Gasteiger partial charge >= 0.3 is 0 Å². The van der Waals surface area contributed by atoms with Crippen LogP contribution in [0.3, 0.4) is 0 Å². The molecule has 0 spiro atoms. The monoisotopic (exact) mass is 345 g/mol. The van der Waals surface area contributed by atoms with Crippen molar-refractivity contribution in [2.24, 2.45) is 0 Å². The number of rotatable bonds is 3. The molecule has 0 saturated carbocycles. The van der Waals surface area contributed by atoms with Crippen LogP contribution in [0.4, 0.5) is 5.82 Å². The summed E-state index contributed by atoms with van der Waals surface area (Å²) in [6, 6.07) is 5.40. The van der Waals surface area contributed by atoms with Gasteiger partial charge in [-0.1, -0.05) is 29.3 Å². The molecule has 0 aliphatic heterocycles. The minimum Gasteiger partial charge on any atom is -0.369 e. The minimum absolute atomic E-state index is 0.462. The summed E-state index contributed by atoms with van der Waals surface area (Å²) < 4.78 is 0.811. The van der Waals surface area contributed by atoms with Crippen molar-refractivity contribution in [2.45, 2.75) is 6.92 Å². The summed E-state index contributed by atoms with van der Waals surface area (Å²) in [5, 5.41) is 4.10. The molecular weight excluding hydrogens is 337 g/mol. The van der Waals surface area contributed by atoms with Crippen LogP contribution in [0.5, 0.6) is 0 Å². The Morgan fingerprint density at radius 1 is 1.33 bits per heavy atom. The molecule has 0 atom stereocenters. The maximum absolute atomic E-state index is 6.15. The van der Waals surface area contributed by atoms with Crippen LogP contribution in [0, 0.1) is 0 Å². The molecule has 1 aromatic heterocycles. The molecule has 3 nitrogen and oxygen atoms in total. The van der Waals surface area contributed by atoms with Gasteiger partial charge < -0.3 is 5.32 Å². The first kappa shape index (κ1) is 13.6. The third-order valence-corrected chi connectivity index (χ3v) is 3.68.